The second-order valence-electron chi connectivity index (χ2n) is 5.33. The van der Waals surface area contributed by atoms with Gasteiger partial charge in [0.15, 0.2) is 5.11 Å². The first-order valence-electron chi connectivity index (χ1n) is 7.51. The number of imidazole rings is 1. The Morgan fingerprint density at radius 2 is 1.83 bits per heavy atom. The van der Waals surface area contributed by atoms with Gasteiger partial charge in [-0.2, -0.15) is 0 Å². The lowest BCUT2D eigenvalue weighted by molar-refractivity contribution is 0.628. The van der Waals surface area contributed by atoms with E-state index in [0.29, 0.717) is 11.7 Å². The van der Waals surface area contributed by atoms with Gasteiger partial charge in [-0.05, 0) is 61.1 Å². The maximum absolute atomic E-state index is 12.9. The fraction of sp³-hybridized carbons (Fsp3) is 0.111. The van der Waals surface area contributed by atoms with E-state index in [9.17, 15) is 4.39 Å². The first-order chi connectivity index (χ1) is 11.6. The summed E-state index contributed by atoms with van der Waals surface area (Å²) in [6.07, 6.45) is 3.72. The molecule has 3 rings (SSSR count). The number of hydrogen-bond donors (Lipinski definition) is 2. The highest BCUT2D eigenvalue weighted by atomic mass is 32.1. The van der Waals surface area contributed by atoms with Gasteiger partial charge in [0.1, 0.15) is 11.6 Å². The third kappa shape index (κ3) is 3.97. The van der Waals surface area contributed by atoms with E-state index >= 15 is 0 Å². The van der Waals surface area contributed by atoms with E-state index < -0.39 is 0 Å². The van der Waals surface area contributed by atoms with Crippen LogP contribution in [0.2, 0.25) is 0 Å². The highest BCUT2D eigenvalue weighted by Crippen LogP contribution is 2.12. The maximum Gasteiger partial charge on any atom is 0.171 e. The molecule has 1 aromatic heterocycles. The van der Waals surface area contributed by atoms with E-state index in [4.69, 9.17) is 12.2 Å². The number of rotatable bonds is 4. The molecule has 0 amide bonds. The molecule has 4 nitrogen and oxygen atoms in total. The average molecular weight is 340 g/mol. The zero-order valence-corrected chi connectivity index (χ0v) is 14.0. The predicted octanol–water partition coefficient (Wildman–Crippen LogP) is 3.81. The molecule has 0 fully saturated rings. The molecule has 0 aliphatic heterocycles. The van der Waals surface area contributed by atoms with Crippen molar-refractivity contribution in [1.82, 2.24) is 14.9 Å². The van der Waals surface area contributed by atoms with Gasteiger partial charge in [0.2, 0.25) is 0 Å². The van der Waals surface area contributed by atoms with E-state index in [-0.39, 0.29) is 5.82 Å². The zero-order chi connectivity index (χ0) is 16.9. The molecular formula is C18H17FN4S. The molecule has 1 heterocycles. The Kier molecular flexibility index (Phi) is 4.86. The number of anilines is 1. The molecule has 6 heteroatoms. The second kappa shape index (κ2) is 7.23. The van der Waals surface area contributed by atoms with Crippen LogP contribution in [0.15, 0.2) is 60.9 Å². The predicted molar refractivity (Wildman–Crippen MR) is 97.8 cm³/mol. The van der Waals surface area contributed by atoms with Crippen molar-refractivity contribution in [2.75, 3.05) is 5.32 Å². The number of nitrogens with zero attached hydrogens (tertiary/aromatic N) is 2. The average Bonchev–Trinajstić information content (AvgIpc) is 3.02. The third-order valence-electron chi connectivity index (χ3n) is 3.60. The third-order valence-corrected chi connectivity index (χ3v) is 3.84. The topological polar surface area (TPSA) is 41.9 Å². The molecule has 2 aromatic carbocycles. The minimum Gasteiger partial charge on any atom is -0.358 e. The van der Waals surface area contributed by atoms with E-state index in [1.54, 1.807) is 18.3 Å². The lowest BCUT2D eigenvalue weighted by atomic mass is 10.2. The summed E-state index contributed by atoms with van der Waals surface area (Å²) in [5.74, 6) is 0.679. The van der Waals surface area contributed by atoms with Gasteiger partial charge in [0, 0.05) is 30.3 Å². The molecule has 0 saturated carbocycles. The molecule has 24 heavy (non-hydrogen) atoms. The zero-order valence-electron chi connectivity index (χ0n) is 13.2. The molecule has 0 aliphatic carbocycles. The number of thiocarbonyl (C=S) groups is 1. The number of nitrogens with one attached hydrogen (secondary N) is 2. The Morgan fingerprint density at radius 3 is 2.46 bits per heavy atom. The van der Waals surface area contributed by atoms with Gasteiger partial charge in [-0.3, -0.25) is 0 Å². The highest BCUT2D eigenvalue weighted by Gasteiger charge is 2.02. The van der Waals surface area contributed by atoms with Crippen LogP contribution in [0.1, 0.15) is 11.4 Å². The van der Waals surface area contributed by atoms with E-state index in [1.165, 1.54) is 12.1 Å². The normalized spacial score (nSPS) is 10.4. The van der Waals surface area contributed by atoms with Crippen molar-refractivity contribution < 1.29 is 4.39 Å². The molecular weight excluding hydrogens is 323 g/mol. The van der Waals surface area contributed by atoms with E-state index in [2.05, 4.69) is 15.6 Å². The number of benzene rings is 2. The number of aryl methyl sites for hydroxylation is 1. The summed E-state index contributed by atoms with van der Waals surface area (Å²) in [6.45, 7) is 2.57. The lowest BCUT2D eigenvalue weighted by Crippen LogP contribution is -2.27. The second-order valence-corrected chi connectivity index (χ2v) is 5.73. The van der Waals surface area contributed by atoms with Crippen LogP contribution in [0.3, 0.4) is 0 Å². The Bertz CT molecular complexity index is 825. The fourth-order valence-corrected chi connectivity index (χ4v) is 2.51. The molecule has 2 N–H and O–H groups in total. The largest absolute Gasteiger partial charge is 0.358 e. The van der Waals surface area contributed by atoms with Crippen LogP contribution in [0.25, 0.3) is 5.69 Å². The summed E-state index contributed by atoms with van der Waals surface area (Å²) in [7, 11) is 0. The van der Waals surface area contributed by atoms with Crippen LogP contribution in [0.4, 0.5) is 10.1 Å². The molecule has 3 aromatic rings. The van der Waals surface area contributed by atoms with Crippen molar-refractivity contribution in [2.45, 2.75) is 13.5 Å². The number of halogens is 1. The Labute approximate surface area is 145 Å². The van der Waals surface area contributed by atoms with Crippen LogP contribution >= 0.6 is 12.2 Å². The van der Waals surface area contributed by atoms with Gasteiger partial charge in [0.25, 0.3) is 0 Å². The summed E-state index contributed by atoms with van der Waals surface area (Å²) >= 11 is 5.25. The van der Waals surface area contributed by atoms with Crippen LogP contribution < -0.4 is 10.6 Å². The summed E-state index contributed by atoms with van der Waals surface area (Å²) in [5.41, 5.74) is 2.93. The number of hydrogen-bond acceptors (Lipinski definition) is 2. The van der Waals surface area contributed by atoms with Crippen molar-refractivity contribution in [3.05, 3.63) is 78.1 Å². The summed E-state index contributed by atoms with van der Waals surface area (Å²) in [4.78, 5) is 4.22. The number of aromatic nitrogens is 2. The van der Waals surface area contributed by atoms with Crippen LogP contribution in [0.5, 0.6) is 0 Å². The molecule has 0 saturated heterocycles. The summed E-state index contributed by atoms with van der Waals surface area (Å²) < 4.78 is 14.9. The minimum atomic E-state index is -0.271. The van der Waals surface area contributed by atoms with Gasteiger partial charge in [-0.25, -0.2) is 9.37 Å². The first-order valence-corrected chi connectivity index (χ1v) is 7.92. The maximum atomic E-state index is 12.9. The Balaban J connectivity index is 1.55. The van der Waals surface area contributed by atoms with Crippen LogP contribution in [-0.4, -0.2) is 14.7 Å². The Morgan fingerprint density at radius 1 is 1.12 bits per heavy atom. The molecule has 0 bridgehead atoms. The van der Waals surface area contributed by atoms with Crippen molar-refractivity contribution in [3.63, 3.8) is 0 Å². The van der Waals surface area contributed by atoms with Crippen molar-refractivity contribution >= 4 is 23.0 Å². The highest BCUT2D eigenvalue weighted by molar-refractivity contribution is 7.80. The molecule has 0 atom stereocenters. The fourth-order valence-electron chi connectivity index (χ4n) is 2.32. The SMILES string of the molecule is Cc1nccn1-c1ccc(CNC(=S)Nc2ccc(F)cc2)cc1. The smallest absolute Gasteiger partial charge is 0.171 e. The van der Waals surface area contributed by atoms with Crippen molar-refractivity contribution in [2.24, 2.45) is 0 Å². The van der Waals surface area contributed by atoms with E-state index in [1.807, 2.05) is 42.0 Å². The molecule has 0 aliphatic rings. The molecule has 122 valence electrons. The van der Waals surface area contributed by atoms with Crippen molar-refractivity contribution in [1.29, 1.82) is 0 Å². The lowest BCUT2D eigenvalue weighted by Gasteiger charge is -2.11. The standard InChI is InChI=1S/C18H17FN4S/c1-13-20-10-11-23(13)17-8-2-14(3-9-17)12-21-18(24)22-16-6-4-15(19)5-7-16/h2-11H,12H2,1H3,(H2,21,22,24). The Hall–Kier alpha value is -2.73. The van der Waals surface area contributed by atoms with Gasteiger partial charge < -0.3 is 15.2 Å². The van der Waals surface area contributed by atoms with Crippen molar-refractivity contribution in [3.8, 4) is 5.69 Å². The minimum absolute atomic E-state index is 0.271. The summed E-state index contributed by atoms with van der Waals surface area (Å²) in [5, 5.41) is 6.65. The van der Waals surface area contributed by atoms with E-state index in [0.717, 1.165) is 22.8 Å². The molecule has 0 spiro atoms. The van der Waals surface area contributed by atoms with Crippen LogP contribution in [-0.2, 0) is 6.54 Å². The summed E-state index contributed by atoms with van der Waals surface area (Å²) in [6, 6.07) is 14.2. The van der Waals surface area contributed by atoms with Crippen LogP contribution in [0, 0.1) is 12.7 Å². The monoisotopic (exact) mass is 340 g/mol. The van der Waals surface area contributed by atoms with Gasteiger partial charge >= 0.3 is 0 Å². The molecule has 0 radical (unpaired) electrons. The quantitative estimate of drug-likeness (QED) is 0.709. The van der Waals surface area contributed by atoms with Gasteiger partial charge in [-0.1, -0.05) is 12.1 Å². The molecule has 0 unspecified atom stereocenters. The first kappa shape index (κ1) is 16.1. The van der Waals surface area contributed by atoms with Gasteiger partial charge in [0.05, 0.1) is 0 Å². The van der Waals surface area contributed by atoms with Gasteiger partial charge in [-0.15, -0.1) is 0 Å².